The molecule has 2 aromatic carbocycles. The van der Waals surface area contributed by atoms with Crippen molar-refractivity contribution in [2.75, 3.05) is 5.32 Å². The van der Waals surface area contributed by atoms with Gasteiger partial charge in [0.2, 0.25) is 5.91 Å². The zero-order chi connectivity index (χ0) is 25.2. The Morgan fingerprint density at radius 1 is 1.00 bits per heavy atom. The van der Waals surface area contributed by atoms with Gasteiger partial charge in [-0.25, -0.2) is 9.78 Å². The van der Waals surface area contributed by atoms with Crippen molar-refractivity contribution in [3.8, 4) is 22.8 Å². The van der Waals surface area contributed by atoms with E-state index in [0.717, 1.165) is 16.7 Å². The number of unbranched alkanes of at least 4 members (excludes halogenated alkanes) is 1. The van der Waals surface area contributed by atoms with Gasteiger partial charge in [0, 0.05) is 12.0 Å². The highest BCUT2D eigenvalue weighted by atomic mass is 19.3. The van der Waals surface area contributed by atoms with Crippen molar-refractivity contribution in [2.24, 2.45) is 0 Å². The summed E-state index contributed by atoms with van der Waals surface area (Å²) in [5.74, 6) is -0.821. The van der Waals surface area contributed by atoms with Crippen LogP contribution in [0, 0.1) is 13.8 Å². The van der Waals surface area contributed by atoms with Crippen LogP contribution in [0.5, 0.6) is 11.5 Å². The monoisotopic (exact) mass is 482 g/mol. The van der Waals surface area contributed by atoms with Gasteiger partial charge in [-0.2, -0.15) is 0 Å². The lowest BCUT2D eigenvalue weighted by Gasteiger charge is -2.11. The van der Waals surface area contributed by atoms with Crippen molar-refractivity contribution >= 4 is 17.7 Å². The van der Waals surface area contributed by atoms with E-state index in [4.69, 9.17) is 0 Å². The molecule has 0 atom stereocenters. The molecule has 0 spiro atoms. The molecular formula is C26H24F2N2O5. The van der Waals surface area contributed by atoms with Crippen LogP contribution in [0.1, 0.15) is 46.3 Å². The predicted octanol–water partition coefficient (Wildman–Crippen LogP) is 5.74. The van der Waals surface area contributed by atoms with Crippen molar-refractivity contribution in [3.05, 3.63) is 70.8 Å². The average molecular weight is 482 g/mol. The molecule has 0 fully saturated rings. The number of nitrogens with zero attached hydrogens (tertiary/aromatic N) is 1. The smallest absolute Gasteiger partial charge is 0.478 e. The van der Waals surface area contributed by atoms with Gasteiger partial charge in [-0.3, -0.25) is 4.79 Å². The molecule has 2 N–H and O–H groups in total. The predicted molar refractivity (Wildman–Crippen MR) is 125 cm³/mol. The number of rotatable bonds is 8. The molecule has 35 heavy (non-hydrogen) atoms. The number of aryl methyl sites for hydroxylation is 3. The highest BCUT2D eigenvalue weighted by molar-refractivity contribution is 5.91. The summed E-state index contributed by atoms with van der Waals surface area (Å²) >= 11 is 0. The van der Waals surface area contributed by atoms with Crippen molar-refractivity contribution in [2.45, 2.75) is 45.8 Å². The number of anilines is 1. The fraction of sp³-hybridized carbons (Fsp3) is 0.269. The van der Waals surface area contributed by atoms with E-state index in [2.05, 4.69) is 19.8 Å². The lowest BCUT2D eigenvalue weighted by molar-refractivity contribution is -0.286. The van der Waals surface area contributed by atoms with Crippen LogP contribution in [0.4, 0.5) is 14.6 Å². The maximum absolute atomic E-state index is 13.1. The topological polar surface area (TPSA) is 97.8 Å². The first kappa shape index (κ1) is 24.1. The summed E-state index contributed by atoms with van der Waals surface area (Å²) in [6.45, 7) is 3.68. The Kier molecular flexibility index (Phi) is 6.68. The lowest BCUT2D eigenvalue weighted by atomic mass is 10.0. The number of carboxylic acid groups (broad SMARTS) is 1. The van der Waals surface area contributed by atoms with E-state index in [-0.39, 0.29) is 29.4 Å². The SMILES string of the molecule is Cc1cc(C(=O)O)cc(-c2nc(NC(=O)CCCCc3ccc4c(c3)OC(F)(F)O4)ccc2C)c1. The van der Waals surface area contributed by atoms with Crippen LogP contribution in [0.15, 0.2) is 48.5 Å². The Bertz CT molecular complexity index is 1290. The van der Waals surface area contributed by atoms with E-state index in [1.54, 1.807) is 24.3 Å². The van der Waals surface area contributed by atoms with Crippen molar-refractivity contribution in [1.82, 2.24) is 4.98 Å². The number of carbonyl (C=O) groups is 2. The summed E-state index contributed by atoms with van der Waals surface area (Å²) in [6, 6.07) is 13.2. The molecule has 9 heteroatoms. The second-order valence-electron chi connectivity index (χ2n) is 8.46. The van der Waals surface area contributed by atoms with Gasteiger partial charge in [0.15, 0.2) is 11.5 Å². The minimum atomic E-state index is -3.64. The molecule has 182 valence electrons. The van der Waals surface area contributed by atoms with Crippen LogP contribution in [0.25, 0.3) is 11.3 Å². The van der Waals surface area contributed by atoms with E-state index in [1.165, 1.54) is 12.1 Å². The van der Waals surface area contributed by atoms with E-state index in [1.807, 2.05) is 26.0 Å². The Morgan fingerprint density at radius 3 is 2.54 bits per heavy atom. The molecule has 3 aromatic rings. The highest BCUT2D eigenvalue weighted by Gasteiger charge is 2.43. The molecular weight excluding hydrogens is 458 g/mol. The Balaban J connectivity index is 1.33. The fourth-order valence-electron chi connectivity index (χ4n) is 3.90. The largest absolute Gasteiger partial charge is 0.586 e. The number of aromatic carboxylic acids is 1. The molecule has 0 radical (unpaired) electrons. The minimum Gasteiger partial charge on any atom is -0.478 e. The molecule has 0 bridgehead atoms. The van der Waals surface area contributed by atoms with Gasteiger partial charge in [-0.1, -0.05) is 12.1 Å². The molecule has 0 unspecified atom stereocenters. The quantitative estimate of drug-likeness (QED) is 0.398. The Morgan fingerprint density at radius 2 is 1.77 bits per heavy atom. The number of carbonyl (C=O) groups excluding carboxylic acids is 1. The number of aromatic nitrogens is 1. The molecule has 7 nitrogen and oxygen atoms in total. The number of hydrogen-bond donors (Lipinski definition) is 2. The standard InChI is InChI=1S/C26H24F2N2O5/c1-15-11-18(14-19(12-15)25(32)33)24-16(2)7-10-22(30-24)29-23(31)6-4-3-5-17-8-9-20-21(13-17)35-26(27,28)34-20/h7-14H,3-6H2,1-2H3,(H,32,33)(H,29,30,31). The summed E-state index contributed by atoms with van der Waals surface area (Å²) in [7, 11) is 0. The molecule has 4 rings (SSSR count). The van der Waals surface area contributed by atoms with Gasteiger partial charge >= 0.3 is 12.3 Å². The van der Waals surface area contributed by atoms with E-state index < -0.39 is 12.3 Å². The first-order chi connectivity index (χ1) is 16.6. The van der Waals surface area contributed by atoms with Gasteiger partial charge in [-0.15, -0.1) is 8.78 Å². The molecule has 2 heterocycles. The molecule has 0 aliphatic carbocycles. The molecule has 1 aliphatic rings. The molecule has 1 amide bonds. The number of halogens is 2. The van der Waals surface area contributed by atoms with Gasteiger partial charge in [0.05, 0.1) is 11.3 Å². The van der Waals surface area contributed by atoms with Crippen molar-refractivity contribution in [1.29, 1.82) is 0 Å². The third-order valence-corrected chi connectivity index (χ3v) is 5.55. The number of amides is 1. The number of benzene rings is 2. The van der Waals surface area contributed by atoms with Crippen LogP contribution < -0.4 is 14.8 Å². The average Bonchev–Trinajstić information content (AvgIpc) is 3.10. The number of nitrogens with one attached hydrogen (secondary N) is 1. The van der Waals surface area contributed by atoms with Crippen LogP contribution >= 0.6 is 0 Å². The molecule has 0 saturated carbocycles. The summed E-state index contributed by atoms with van der Waals surface area (Å²) in [6.07, 6.45) is -1.50. The van der Waals surface area contributed by atoms with Crippen LogP contribution in [0.2, 0.25) is 0 Å². The van der Waals surface area contributed by atoms with Crippen molar-refractivity contribution in [3.63, 3.8) is 0 Å². The van der Waals surface area contributed by atoms with Gasteiger partial charge in [0.1, 0.15) is 5.82 Å². The lowest BCUT2D eigenvalue weighted by Crippen LogP contribution is -2.25. The number of carboxylic acids is 1. The maximum atomic E-state index is 13.1. The number of fused-ring (bicyclic) bond motifs is 1. The Labute approximate surface area is 200 Å². The van der Waals surface area contributed by atoms with E-state index in [9.17, 15) is 23.5 Å². The zero-order valence-corrected chi connectivity index (χ0v) is 19.2. The summed E-state index contributed by atoms with van der Waals surface area (Å²) in [4.78, 5) is 28.4. The third kappa shape index (κ3) is 5.92. The summed E-state index contributed by atoms with van der Waals surface area (Å²) < 4.78 is 35.1. The van der Waals surface area contributed by atoms with Crippen molar-refractivity contribution < 1.29 is 33.0 Å². The third-order valence-electron chi connectivity index (χ3n) is 5.55. The number of hydrogen-bond acceptors (Lipinski definition) is 5. The normalized spacial score (nSPS) is 13.5. The van der Waals surface area contributed by atoms with E-state index >= 15 is 0 Å². The summed E-state index contributed by atoms with van der Waals surface area (Å²) in [5, 5.41) is 12.1. The first-order valence-electron chi connectivity index (χ1n) is 11.1. The highest BCUT2D eigenvalue weighted by Crippen LogP contribution is 2.41. The first-order valence-corrected chi connectivity index (χ1v) is 11.1. The maximum Gasteiger partial charge on any atom is 0.586 e. The second-order valence-corrected chi connectivity index (χ2v) is 8.46. The number of pyridine rings is 1. The zero-order valence-electron chi connectivity index (χ0n) is 19.2. The number of ether oxygens (including phenoxy) is 2. The molecule has 0 saturated heterocycles. The van der Waals surface area contributed by atoms with Gasteiger partial charge in [-0.05, 0) is 86.2 Å². The van der Waals surface area contributed by atoms with Crippen LogP contribution in [-0.4, -0.2) is 28.3 Å². The Hall–Kier alpha value is -4.01. The number of alkyl halides is 2. The van der Waals surface area contributed by atoms with E-state index in [0.29, 0.717) is 36.3 Å². The fourth-order valence-corrected chi connectivity index (χ4v) is 3.90. The van der Waals surface area contributed by atoms with Crippen LogP contribution in [0.3, 0.4) is 0 Å². The van der Waals surface area contributed by atoms with Gasteiger partial charge < -0.3 is 19.9 Å². The van der Waals surface area contributed by atoms with Crippen LogP contribution in [-0.2, 0) is 11.2 Å². The molecule has 1 aliphatic heterocycles. The summed E-state index contributed by atoms with van der Waals surface area (Å²) in [5.41, 5.74) is 3.90. The van der Waals surface area contributed by atoms with Gasteiger partial charge in [0.25, 0.3) is 0 Å². The second kappa shape index (κ2) is 9.69. The minimum absolute atomic E-state index is 0.00735. The molecule has 1 aromatic heterocycles.